The van der Waals surface area contributed by atoms with Crippen molar-refractivity contribution >= 4 is 37.5 Å². The van der Waals surface area contributed by atoms with Gasteiger partial charge in [-0.05, 0) is 31.9 Å². The van der Waals surface area contributed by atoms with Gasteiger partial charge in [0.25, 0.3) is 15.9 Å². The number of nitrogens with one attached hydrogen (secondary N) is 2. The van der Waals surface area contributed by atoms with Gasteiger partial charge >= 0.3 is 0 Å². The molecule has 140 valence electrons. The van der Waals surface area contributed by atoms with E-state index < -0.39 is 15.9 Å². The molecule has 1 aliphatic rings. The summed E-state index contributed by atoms with van der Waals surface area (Å²) in [6, 6.07) is 7.90. The van der Waals surface area contributed by atoms with Crippen molar-refractivity contribution in [1.82, 2.24) is 15.2 Å². The molecule has 1 saturated carbocycles. The van der Waals surface area contributed by atoms with Crippen LogP contribution < -0.4 is 10.0 Å². The maximum Gasteiger partial charge on any atom is 0.295 e. The maximum absolute atomic E-state index is 12.4. The van der Waals surface area contributed by atoms with E-state index in [4.69, 9.17) is 4.42 Å². The number of carbonyl (C=O) groups is 1. The second-order valence-electron chi connectivity index (χ2n) is 6.03. The summed E-state index contributed by atoms with van der Waals surface area (Å²) in [4.78, 5) is 16.7. The zero-order valence-electron chi connectivity index (χ0n) is 14.2. The highest BCUT2D eigenvalue weighted by atomic mass is 32.2. The van der Waals surface area contributed by atoms with Crippen LogP contribution in [0.3, 0.4) is 0 Å². The summed E-state index contributed by atoms with van der Waals surface area (Å²) in [5.74, 6) is 0.496. The van der Waals surface area contributed by atoms with Gasteiger partial charge in [0, 0.05) is 5.92 Å². The van der Waals surface area contributed by atoms with Gasteiger partial charge in [-0.1, -0.05) is 29.5 Å². The third-order valence-electron chi connectivity index (χ3n) is 3.87. The standard InChI is InChI=1S/C16H15N5O4S2/c1-9-12(25-14(17-9)10-7-8-10)13(22)18-15-19-20-16(26-15)21-27(23,24)11-5-3-2-4-6-11/h2-6,10H,7-8H2,1H3,(H,20,21)(H,18,19,22). The first-order valence-electron chi connectivity index (χ1n) is 8.12. The number of carbonyl (C=O) groups excluding carboxylic acids is 1. The fraction of sp³-hybridized carbons (Fsp3) is 0.250. The first-order valence-corrected chi connectivity index (χ1v) is 10.4. The molecular formula is C16H15N5O4S2. The predicted molar refractivity (Wildman–Crippen MR) is 98.3 cm³/mol. The summed E-state index contributed by atoms with van der Waals surface area (Å²) in [5, 5.41) is 10.3. The van der Waals surface area contributed by atoms with Crippen molar-refractivity contribution < 1.29 is 17.6 Å². The highest BCUT2D eigenvalue weighted by Crippen LogP contribution is 2.40. The highest BCUT2D eigenvalue weighted by Gasteiger charge is 2.31. The number of rotatable bonds is 6. The molecule has 1 aliphatic carbocycles. The Morgan fingerprint density at radius 3 is 2.59 bits per heavy atom. The number of anilines is 2. The van der Waals surface area contributed by atoms with E-state index in [0.29, 0.717) is 17.5 Å². The third-order valence-corrected chi connectivity index (χ3v) is 6.10. The second kappa shape index (κ2) is 6.74. The number of sulfonamides is 1. The molecule has 4 rings (SSSR count). The SMILES string of the molecule is Cc1nc(C2CC2)oc1C(=O)Nc1nnc(NS(=O)(=O)c2ccccc2)s1. The first-order chi connectivity index (χ1) is 12.9. The lowest BCUT2D eigenvalue weighted by atomic mass is 10.3. The second-order valence-corrected chi connectivity index (χ2v) is 8.69. The molecule has 0 bridgehead atoms. The molecule has 9 nitrogen and oxygen atoms in total. The van der Waals surface area contributed by atoms with E-state index in [9.17, 15) is 13.2 Å². The number of hydrogen-bond donors (Lipinski definition) is 2. The Labute approximate surface area is 158 Å². The number of amides is 1. The molecule has 0 saturated heterocycles. The van der Waals surface area contributed by atoms with Crippen LogP contribution in [0.4, 0.5) is 10.3 Å². The molecule has 2 heterocycles. The average Bonchev–Trinajstić information content (AvgIpc) is 3.29. The largest absolute Gasteiger partial charge is 0.435 e. The Balaban J connectivity index is 1.46. The molecule has 1 fully saturated rings. The quantitative estimate of drug-likeness (QED) is 0.645. The van der Waals surface area contributed by atoms with Crippen LogP contribution in [0.5, 0.6) is 0 Å². The van der Waals surface area contributed by atoms with Gasteiger partial charge in [0.15, 0.2) is 5.89 Å². The number of aromatic nitrogens is 3. The molecule has 1 aromatic carbocycles. The zero-order chi connectivity index (χ0) is 19.0. The van der Waals surface area contributed by atoms with E-state index >= 15 is 0 Å². The van der Waals surface area contributed by atoms with Crippen LogP contribution in [0.25, 0.3) is 0 Å². The molecule has 0 radical (unpaired) electrons. The normalized spacial score (nSPS) is 14.1. The van der Waals surface area contributed by atoms with E-state index in [0.717, 1.165) is 24.2 Å². The Morgan fingerprint density at radius 1 is 1.19 bits per heavy atom. The van der Waals surface area contributed by atoms with Crippen LogP contribution in [0.2, 0.25) is 0 Å². The van der Waals surface area contributed by atoms with Gasteiger partial charge in [-0.25, -0.2) is 13.4 Å². The van der Waals surface area contributed by atoms with Gasteiger partial charge in [-0.3, -0.25) is 14.8 Å². The minimum atomic E-state index is -3.77. The highest BCUT2D eigenvalue weighted by molar-refractivity contribution is 7.93. The summed E-state index contributed by atoms with van der Waals surface area (Å²) in [6.45, 7) is 1.70. The van der Waals surface area contributed by atoms with Crippen LogP contribution in [0.15, 0.2) is 39.6 Å². The van der Waals surface area contributed by atoms with E-state index in [1.54, 1.807) is 25.1 Å². The lowest BCUT2D eigenvalue weighted by Gasteiger charge is -2.03. The van der Waals surface area contributed by atoms with Crippen LogP contribution >= 0.6 is 11.3 Å². The smallest absolute Gasteiger partial charge is 0.295 e. The van der Waals surface area contributed by atoms with E-state index in [2.05, 4.69) is 25.2 Å². The summed E-state index contributed by atoms with van der Waals surface area (Å²) < 4.78 is 32.5. The number of aryl methyl sites for hydroxylation is 1. The molecule has 0 aliphatic heterocycles. The van der Waals surface area contributed by atoms with Crippen molar-refractivity contribution in [3.63, 3.8) is 0 Å². The Hall–Kier alpha value is -2.79. The van der Waals surface area contributed by atoms with Crippen molar-refractivity contribution in [2.24, 2.45) is 0 Å². The first kappa shape index (κ1) is 17.6. The summed E-state index contributed by atoms with van der Waals surface area (Å²) in [7, 11) is -3.77. The van der Waals surface area contributed by atoms with Gasteiger partial charge in [0.1, 0.15) is 0 Å². The van der Waals surface area contributed by atoms with Crippen molar-refractivity contribution in [2.45, 2.75) is 30.6 Å². The van der Waals surface area contributed by atoms with Gasteiger partial charge in [-0.2, -0.15) is 0 Å². The molecule has 2 aromatic heterocycles. The van der Waals surface area contributed by atoms with Crippen molar-refractivity contribution in [3.05, 3.63) is 47.7 Å². The summed E-state index contributed by atoms with van der Waals surface area (Å²) in [5.41, 5.74) is 0.504. The fourth-order valence-electron chi connectivity index (χ4n) is 2.38. The zero-order valence-corrected chi connectivity index (χ0v) is 15.8. The average molecular weight is 405 g/mol. The molecule has 0 atom stereocenters. The van der Waals surface area contributed by atoms with Gasteiger partial charge < -0.3 is 4.42 Å². The minimum Gasteiger partial charge on any atom is -0.435 e. The Bertz CT molecular complexity index is 1090. The van der Waals surface area contributed by atoms with Crippen LogP contribution in [-0.4, -0.2) is 29.5 Å². The lowest BCUT2D eigenvalue weighted by Crippen LogP contribution is -2.12. The Kier molecular flexibility index (Phi) is 4.40. The fourth-order valence-corrected chi connectivity index (χ4v) is 4.27. The predicted octanol–water partition coefficient (Wildman–Crippen LogP) is 2.77. The molecule has 3 aromatic rings. The summed E-state index contributed by atoms with van der Waals surface area (Å²) in [6.07, 6.45) is 2.03. The molecule has 0 unspecified atom stereocenters. The molecular weight excluding hydrogens is 390 g/mol. The topological polar surface area (TPSA) is 127 Å². The van der Waals surface area contributed by atoms with E-state index in [1.165, 1.54) is 12.1 Å². The van der Waals surface area contributed by atoms with Crippen LogP contribution in [0.1, 0.15) is 40.9 Å². The van der Waals surface area contributed by atoms with Crippen molar-refractivity contribution in [2.75, 3.05) is 10.0 Å². The summed E-state index contributed by atoms with van der Waals surface area (Å²) >= 11 is 0.902. The molecule has 1 amide bonds. The van der Waals surface area contributed by atoms with Crippen molar-refractivity contribution in [3.8, 4) is 0 Å². The molecule has 0 spiro atoms. The third kappa shape index (κ3) is 3.83. The van der Waals surface area contributed by atoms with Gasteiger partial charge in [0.05, 0.1) is 10.6 Å². The van der Waals surface area contributed by atoms with Crippen molar-refractivity contribution in [1.29, 1.82) is 0 Å². The van der Waals surface area contributed by atoms with Crippen LogP contribution in [-0.2, 0) is 10.0 Å². The number of oxazole rings is 1. The monoisotopic (exact) mass is 405 g/mol. The molecule has 11 heteroatoms. The molecule has 27 heavy (non-hydrogen) atoms. The van der Waals surface area contributed by atoms with E-state index in [-0.39, 0.29) is 20.9 Å². The molecule has 2 N–H and O–H groups in total. The number of nitrogens with zero attached hydrogens (tertiary/aromatic N) is 3. The maximum atomic E-state index is 12.4. The van der Waals surface area contributed by atoms with Gasteiger partial charge in [-0.15, -0.1) is 10.2 Å². The number of benzene rings is 1. The van der Waals surface area contributed by atoms with E-state index in [1.807, 2.05) is 0 Å². The van der Waals surface area contributed by atoms with Gasteiger partial charge in [0.2, 0.25) is 16.0 Å². The minimum absolute atomic E-state index is 0.0436. The van der Waals surface area contributed by atoms with Crippen LogP contribution in [0, 0.1) is 6.92 Å². The number of hydrogen-bond acceptors (Lipinski definition) is 8. The lowest BCUT2D eigenvalue weighted by molar-refractivity contribution is 0.0994. The Morgan fingerprint density at radius 2 is 1.89 bits per heavy atom.